The highest BCUT2D eigenvalue weighted by molar-refractivity contribution is 5.85. The van der Waals surface area contributed by atoms with Crippen molar-refractivity contribution in [2.45, 2.75) is 44.8 Å². The first-order chi connectivity index (χ1) is 10.9. The molecule has 0 radical (unpaired) electrons. The summed E-state index contributed by atoms with van der Waals surface area (Å²) in [6, 6.07) is 2.76. The van der Waals surface area contributed by atoms with Crippen molar-refractivity contribution in [2.24, 2.45) is 0 Å². The highest BCUT2D eigenvalue weighted by Crippen LogP contribution is 2.39. The van der Waals surface area contributed by atoms with Crippen LogP contribution in [0.3, 0.4) is 0 Å². The Morgan fingerprint density at radius 3 is 2.42 bits per heavy atom. The molecule has 1 saturated heterocycles. The average molecular weight is 369 g/mol. The number of nitrogens with one attached hydrogen (secondary N) is 1. The van der Waals surface area contributed by atoms with E-state index in [4.69, 9.17) is 0 Å². The molecule has 24 heavy (non-hydrogen) atoms. The standard InChI is InChI=1S/C17H24F4N2.ClH/c1-2-3-4-8-15(23-11-9-22-10-12-23)16-13(17(19,20)21)6-5-7-14(16)18;/h5-7,15,22H,2-4,8-12H2,1H3;1H/t15-;/m1./s1. The largest absolute Gasteiger partial charge is 0.416 e. The number of piperazine rings is 1. The van der Waals surface area contributed by atoms with E-state index in [1.165, 1.54) is 0 Å². The van der Waals surface area contributed by atoms with Gasteiger partial charge in [-0.05, 0) is 18.6 Å². The summed E-state index contributed by atoms with van der Waals surface area (Å²) >= 11 is 0. The van der Waals surface area contributed by atoms with Crippen molar-refractivity contribution >= 4 is 12.4 Å². The lowest BCUT2D eigenvalue weighted by Crippen LogP contribution is -2.45. The molecule has 0 amide bonds. The van der Waals surface area contributed by atoms with Gasteiger partial charge in [0, 0.05) is 37.8 Å². The van der Waals surface area contributed by atoms with Crippen LogP contribution >= 0.6 is 12.4 Å². The minimum Gasteiger partial charge on any atom is -0.314 e. The lowest BCUT2D eigenvalue weighted by Gasteiger charge is -2.36. The highest BCUT2D eigenvalue weighted by atomic mass is 35.5. The van der Waals surface area contributed by atoms with Gasteiger partial charge < -0.3 is 5.32 Å². The Morgan fingerprint density at radius 2 is 1.83 bits per heavy atom. The van der Waals surface area contributed by atoms with Gasteiger partial charge in [0.15, 0.2) is 0 Å². The molecule has 1 atom stereocenters. The highest BCUT2D eigenvalue weighted by Gasteiger charge is 2.38. The molecule has 1 aromatic rings. The van der Waals surface area contributed by atoms with E-state index in [-0.39, 0.29) is 18.0 Å². The van der Waals surface area contributed by atoms with Crippen LogP contribution in [0.15, 0.2) is 18.2 Å². The molecule has 1 aliphatic rings. The van der Waals surface area contributed by atoms with Crippen LogP contribution < -0.4 is 5.32 Å². The van der Waals surface area contributed by atoms with Crippen LogP contribution in [0.4, 0.5) is 17.6 Å². The summed E-state index contributed by atoms with van der Waals surface area (Å²) in [7, 11) is 0. The van der Waals surface area contributed by atoms with E-state index in [0.29, 0.717) is 19.5 Å². The molecule has 0 bridgehead atoms. The van der Waals surface area contributed by atoms with Crippen molar-refractivity contribution in [3.05, 3.63) is 35.1 Å². The fraction of sp³-hybridized carbons (Fsp3) is 0.647. The molecule has 0 saturated carbocycles. The Hall–Kier alpha value is -0.850. The molecule has 0 spiro atoms. The predicted octanol–water partition coefficient (Wildman–Crippen LogP) is 4.79. The number of alkyl halides is 3. The molecule has 1 fully saturated rings. The molecule has 1 N–H and O–H groups in total. The van der Waals surface area contributed by atoms with Gasteiger partial charge in [0.05, 0.1) is 5.56 Å². The van der Waals surface area contributed by atoms with Crippen LogP contribution in [0, 0.1) is 5.82 Å². The van der Waals surface area contributed by atoms with Gasteiger partial charge in [0.25, 0.3) is 0 Å². The van der Waals surface area contributed by atoms with E-state index in [9.17, 15) is 17.6 Å². The molecule has 1 aromatic carbocycles. The van der Waals surface area contributed by atoms with Gasteiger partial charge in [-0.3, -0.25) is 4.90 Å². The molecule has 0 aliphatic carbocycles. The zero-order valence-electron chi connectivity index (χ0n) is 13.8. The van der Waals surface area contributed by atoms with Crippen LogP contribution in [-0.4, -0.2) is 31.1 Å². The van der Waals surface area contributed by atoms with Gasteiger partial charge in [-0.2, -0.15) is 13.2 Å². The summed E-state index contributed by atoms with van der Waals surface area (Å²) in [5.74, 6) is -0.750. The smallest absolute Gasteiger partial charge is 0.314 e. The molecule has 138 valence electrons. The topological polar surface area (TPSA) is 15.3 Å². The van der Waals surface area contributed by atoms with Crippen LogP contribution in [0.2, 0.25) is 0 Å². The molecule has 2 rings (SSSR count). The molecular formula is C17H25ClF4N2. The molecule has 0 aromatic heterocycles. The summed E-state index contributed by atoms with van der Waals surface area (Å²) < 4.78 is 54.4. The normalized spacial score (nSPS) is 17.4. The van der Waals surface area contributed by atoms with Crippen molar-refractivity contribution in [3.8, 4) is 0 Å². The van der Waals surface area contributed by atoms with Crippen molar-refractivity contribution in [2.75, 3.05) is 26.2 Å². The van der Waals surface area contributed by atoms with Gasteiger partial charge in [-0.1, -0.05) is 32.3 Å². The quantitative estimate of drug-likeness (QED) is 0.573. The number of benzene rings is 1. The summed E-state index contributed by atoms with van der Waals surface area (Å²) in [4.78, 5) is 1.99. The van der Waals surface area contributed by atoms with Crippen molar-refractivity contribution in [1.82, 2.24) is 10.2 Å². The average Bonchev–Trinajstić information content (AvgIpc) is 2.52. The van der Waals surface area contributed by atoms with Gasteiger partial charge in [0.1, 0.15) is 5.82 Å². The van der Waals surface area contributed by atoms with Crippen LogP contribution in [0.25, 0.3) is 0 Å². The third-order valence-corrected chi connectivity index (χ3v) is 4.37. The molecule has 1 heterocycles. The Bertz CT molecular complexity index is 502. The predicted molar refractivity (Wildman–Crippen MR) is 90.0 cm³/mol. The second-order valence-electron chi connectivity index (χ2n) is 6.00. The van der Waals surface area contributed by atoms with Crippen LogP contribution in [-0.2, 0) is 6.18 Å². The molecule has 0 unspecified atom stereocenters. The van der Waals surface area contributed by atoms with Gasteiger partial charge >= 0.3 is 6.18 Å². The van der Waals surface area contributed by atoms with E-state index in [0.717, 1.165) is 50.6 Å². The Balaban J connectivity index is 0.00000288. The number of hydrogen-bond acceptors (Lipinski definition) is 2. The van der Waals surface area contributed by atoms with E-state index < -0.39 is 23.6 Å². The first-order valence-electron chi connectivity index (χ1n) is 8.25. The Kier molecular flexibility index (Phi) is 8.46. The first-order valence-corrected chi connectivity index (χ1v) is 8.25. The monoisotopic (exact) mass is 368 g/mol. The van der Waals surface area contributed by atoms with E-state index >= 15 is 0 Å². The van der Waals surface area contributed by atoms with Crippen LogP contribution in [0.1, 0.15) is 49.8 Å². The summed E-state index contributed by atoms with van der Waals surface area (Å²) in [6.45, 7) is 4.77. The zero-order valence-corrected chi connectivity index (χ0v) is 14.7. The number of rotatable bonds is 6. The third-order valence-electron chi connectivity index (χ3n) is 4.37. The molecule has 1 aliphatic heterocycles. The SMILES string of the molecule is CCCCC[C@H](c1c(F)cccc1C(F)(F)F)N1CCNCC1.Cl. The third kappa shape index (κ3) is 5.33. The van der Waals surface area contributed by atoms with E-state index in [1.807, 2.05) is 11.8 Å². The Labute approximate surface area is 147 Å². The fourth-order valence-corrected chi connectivity index (χ4v) is 3.21. The second-order valence-corrected chi connectivity index (χ2v) is 6.00. The van der Waals surface area contributed by atoms with Crippen molar-refractivity contribution in [3.63, 3.8) is 0 Å². The maximum absolute atomic E-state index is 14.4. The maximum Gasteiger partial charge on any atom is 0.416 e. The van der Waals surface area contributed by atoms with Crippen molar-refractivity contribution < 1.29 is 17.6 Å². The number of unbranched alkanes of at least 4 members (excludes halogenated alkanes) is 2. The van der Waals surface area contributed by atoms with Gasteiger partial charge in [-0.15, -0.1) is 12.4 Å². The van der Waals surface area contributed by atoms with Crippen LogP contribution in [0.5, 0.6) is 0 Å². The number of nitrogens with zero attached hydrogens (tertiary/aromatic N) is 1. The van der Waals surface area contributed by atoms with E-state index in [1.54, 1.807) is 0 Å². The zero-order chi connectivity index (χ0) is 16.9. The minimum absolute atomic E-state index is 0. The number of halogens is 5. The molecular weight excluding hydrogens is 344 g/mol. The summed E-state index contributed by atoms with van der Waals surface area (Å²) in [5, 5.41) is 3.19. The molecule has 2 nitrogen and oxygen atoms in total. The lowest BCUT2D eigenvalue weighted by atomic mass is 9.93. The van der Waals surface area contributed by atoms with Gasteiger partial charge in [-0.25, -0.2) is 4.39 Å². The van der Waals surface area contributed by atoms with Gasteiger partial charge in [0.2, 0.25) is 0 Å². The lowest BCUT2D eigenvalue weighted by molar-refractivity contribution is -0.139. The number of hydrogen-bond donors (Lipinski definition) is 1. The van der Waals surface area contributed by atoms with Crippen molar-refractivity contribution in [1.29, 1.82) is 0 Å². The first kappa shape index (κ1) is 21.2. The minimum atomic E-state index is -4.53. The second kappa shape index (κ2) is 9.59. The fourth-order valence-electron chi connectivity index (χ4n) is 3.21. The molecule has 7 heteroatoms. The van der Waals surface area contributed by atoms with E-state index in [2.05, 4.69) is 5.32 Å². The summed E-state index contributed by atoms with van der Waals surface area (Å²) in [6.07, 6.45) is -1.25. The summed E-state index contributed by atoms with van der Waals surface area (Å²) in [5.41, 5.74) is -1.02. The Morgan fingerprint density at radius 1 is 1.17 bits per heavy atom. The maximum atomic E-state index is 14.4.